The number of benzene rings is 4. The van der Waals surface area contributed by atoms with Crippen molar-refractivity contribution in [1.82, 2.24) is 0 Å². The number of amides is 2. The summed E-state index contributed by atoms with van der Waals surface area (Å²) in [5, 5.41) is 1.51. The first-order valence-corrected chi connectivity index (χ1v) is 13.8. The second kappa shape index (κ2) is 9.68. The number of anilines is 2. The molecule has 2 fully saturated rings. The van der Waals surface area contributed by atoms with Crippen LogP contribution in [0.3, 0.4) is 0 Å². The van der Waals surface area contributed by atoms with E-state index in [0.29, 0.717) is 16.9 Å². The van der Waals surface area contributed by atoms with Gasteiger partial charge in [-0.2, -0.15) is 8.42 Å². The van der Waals surface area contributed by atoms with Gasteiger partial charge >= 0.3 is 10.1 Å². The lowest BCUT2D eigenvalue weighted by Gasteiger charge is -2.29. The quantitative estimate of drug-likeness (QED) is 0.256. The van der Waals surface area contributed by atoms with Crippen molar-refractivity contribution < 1.29 is 27.0 Å². The second-order valence-corrected chi connectivity index (χ2v) is 10.9. The largest absolute Gasteiger partial charge is 0.379 e. The second-order valence-electron chi connectivity index (χ2n) is 9.39. The minimum atomic E-state index is -4.17. The number of para-hydroxylation sites is 2. The minimum Gasteiger partial charge on any atom is -0.379 e. The summed E-state index contributed by atoms with van der Waals surface area (Å²) >= 11 is 0. The van der Waals surface area contributed by atoms with E-state index >= 15 is 0 Å². The molecule has 0 aromatic heterocycles. The van der Waals surface area contributed by atoms with Gasteiger partial charge in [-0.25, -0.2) is 9.96 Å². The number of aryl methyl sites for hydroxylation is 1. The van der Waals surface area contributed by atoms with Crippen LogP contribution in [0.2, 0.25) is 0 Å². The fourth-order valence-electron chi connectivity index (χ4n) is 5.03. The summed E-state index contributed by atoms with van der Waals surface area (Å²) in [6.07, 6.45) is -1.09. The molecule has 6 rings (SSSR count). The molecule has 8 nitrogen and oxygen atoms in total. The van der Waals surface area contributed by atoms with Crippen LogP contribution in [0.25, 0.3) is 0 Å². The topological polar surface area (TPSA) is 93.2 Å². The van der Waals surface area contributed by atoms with Crippen molar-refractivity contribution in [2.45, 2.75) is 24.0 Å². The van der Waals surface area contributed by atoms with Gasteiger partial charge in [0, 0.05) is 5.56 Å². The third-order valence-electron chi connectivity index (χ3n) is 6.89. The van der Waals surface area contributed by atoms with Gasteiger partial charge < -0.3 is 4.18 Å². The van der Waals surface area contributed by atoms with Crippen LogP contribution in [0.1, 0.15) is 17.2 Å². The van der Waals surface area contributed by atoms with Gasteiger partial charge in [-0.05, 0) is 49.4 Å². The monoisotopic (exact) mass is 540 g/mol. The van der Waals surface area contributed by atoms with E-state index in [1.807, 2.05) is 37.3 Å². The number of carbonyl (C=O) groups excluding carboxylic acids is 2. The summed E-state index contributed by atoms with van der Waals surface area (Å²) in [5.41, 5.74) is 2.46. The molecule has 0 spiro atoms. The Morgan fingerprint density at radius 3 is 2.03 bits per heavy atom. The molecule has 2 saturated heterocycles. The maximum atomic E-state index is 13.9. The molecule has 0 radical (unpaired) electrons. The lowest BCUT2D eigenvalue weighted by atomic mass is 9.90. The van der Waals surface area contributed by atoms with Crippen LogP contribution in [0.15, 0.2) is 114 Å². The summed E-state index contributed by atoms with van der Waals surface area (Å²) in [4.78, 5) is 34.8. The molecule has 2 aliphatic rings. The van der Waals surface area contributed by atoms with Crippen LogP contribution < -0.4 is 14.1 Å². The van der Waals surface area contributed by atoms with Crippen LogP contribution in [0.5, 0.6) is 5.75 Å². The van der Waals surface area contributed by atoms with Crippen molar-refractivity contribution in [2.24, 2.45) is 5.92 Å². The molecule has 2 aliphatic heterocycles. The average molecular weight is 541 g/mol. The van der Waals surface area contributed by atoms with E-state index in [0.717, 1.165) is 10.5 Å². The zero-order valence-electron chi connectivity index (χ0n) is 20.9. The molecule has 39 heavy (non-hydrogen) atoms. The molecular formula is C30H24N2O6S. The summed E-state index contributed by atoms with van der Waals surface area (Å²) < 4.78 is 31.9. The van der Waals surface area contributed by atoms with E-state index < -0.39 is 40.0 Å². The Hall–Kier alpha value is -4.47. The number of imide groups is 1. The third kappa shape index (κ3) is 4.35. The Morgan fingerprint density at radius 2 is 1.33 bits per heavy atom. The van der Waals surface area contributed by atoms with E-state index in [4.69, 9.17) is 9.02 Å². The first-order chi connectivity index (χ1) is 18.8. The van der Waals surface area contributed by atoms with Crippen molar-refractivity contribution >= 4 is 33.3 Å². The molecule has 0 bridgehead atoms. The van der Waals surface area contributed by atoms with Crippen molar-refractivity contribution in [3.63, 3.8) is 0 Å². The number of rotatable bonds is 6. The predicted molar refractivity (Wildman–Crippen MR) is 144 cm³/mol. The van der Waals surface area contributed by atoms with Gasteiger partial charge in [0.25, 0.3) is 5.91 Å². The zero-order valence-corrected chi connectivity index (χ0v) is 21.7. The van der Waals surface area contributed by atoms with Crippen LogP contribution in [-0.2, 0) is 24.5 Å². The van der Waals surface area contributed by atoms with Crippen LogP contribution in [0.4, 0.5) is 11.4 Å². The minimum absolute atomic E-state index is 0.00191. The molecule has 4 aromatic carbocycles. The van der Waals surface area contributed by atoms with Gasteiger partial charge in [0.2, 0.25) is 5.91 Å². The Kier molecular flexibility index (Phi) is 6.17. The van der Waals surface area contributed by atoms with Crippen LogP contribution >= 0.6 is 0 Å². The maximum Gasteiger partial charge on any atom is 0.339 e. The number of hydroxylamine groups is 1. The third-order valence-corrected chi connectivity index (χ3v) is 8.14. The maximum absolute atomic E-state index is 13.9. The smallest absolute Gasteiger partial charge is 0.339 e. The molecule has 4 aromatic rings. The number of fused-ring (bicyclic) bond motifs is 1. The van der Waals surface area contributed by atoms with E-state index in [-0.39, 0.29) is 10.6 Å². The van der Waals surface area contributed by atoms with Gasteiger partial charge in [-0.3, -0.25) is 14.4 Å². The molecule has 2 heterocycles. The standard InChI is InChI=1S/C30H24N2O6S/c1-20-16-18-21(19-17-20)31-29(33)26-27(32(37-28(26)30(31)34)22-10-4-2-5-11-22)24-14-8-9-15-25(24)38-39(35,36)23-12-6-3-7-13-23/h2-19,26-28H,1H3/t26-,27-,28-/m0/s1. The predicted octanol–water partition coefficient (Wildman–Crippen LogP) is 4.81. The fraction of sp³-hybridized carbons (Fsp3) is 0.133. The molecule has 0 unspecified atom stereocenters. The van der Waals surface area contributed by atoms with E-state index in [1.165, 1.54) is 23.3 Å². The van der Waals surface area contributed by atoms with Crippen LogP contribution in [-0.4, -0.2) is 26.3 Å². The molecule has 2 amide bonds. The van der Waals surface area contributed by atoms with Gasteiger partial charge in [0.05, 0.1) is 17.4 Å². The highest BCUT2D eigenvalue weighted by molar-refractivity contribution is 7.87. The number of carbonyl (C=O) groups is 2. The van der Waals surface area contributed by atoms with E-state index in [9.17, 15) is 18.0 Å². The molecule has 196 valence electrons. The average Bonchev–Trinajstić information content (AvgIpc) is 3.46. The van der Waals surface area contributed by atoms with Gasteiger partial charge in [0.1, 0.15) is 16.6 Å². The molecular weight excluding hydrogens is 516 g/mol. The zero-order chi connectivity index (χ0) is 27.1. The first-order valence-electron chi connectivity index (χ1n) is 12.4. The van der Waals surface area contributed by atoms with Gasteiger partial charge in [-0.15, -0.1) is 0 Å². The van der Waals surface area contributed by atoms with E-state index in [2.05, 4.69) is 0 Å². The Labute approximate surface area is 226 Å². The number of hydrogen-bond donors (Lipinski definition) is 0. The Bertz CT molecular complexity index is 1640. The van der Waals surface area contributed by atoms with Crippen molar-refractivity contribution in [3.05, 3.63) is 120 Å². The number of nitrogens with zero attached hydrogens (tertiary/aromatic N) is 2. The molecule has 0 aliphatic carbocycles. The summed E-state index contributed by atoms with van der Waals surface area (Å²) in [7, 11) is -4.17. The Morgan fingerprint density at radius 1 is 0.718 bits per heavy atom. The first kappa shape index (κ1) is 24.8. The molecule has 0 N–H and O–H groups in total. The number of hydrogen-bond acceptors (Lipinski definition) is 7. The lowest BCUT2D eigenvalue weighted by Crippen LogP contribution is -2.37. The van der Waals surface area contributed by atoms with Crippen LogP contribution in [0, 0.1) is 12.8 Å². The highest BCUT2D eigenvalue weighted by Crippen LogP contribution is 2.49. The highest BCUT2D eigenvalue weighted by atomic mass is 32.2. The summed E-state index contributed by atoms with van der Waals surface area (Å²) in [5.74, 6) is -1.81. The van der Waals surface area contributed by atoms with Gasteiger partial charge in [-0.1, -0.05) is 72.3 Å². The van der Waals surface area contributed by atoms with Crippen molar-refractivity contribution in [1.29, 1.82) is 0 Å². The molecule has 3 atom stereocenters. The Balaban J connectivity index is 1.44. The highest BCUT2D eigenvalue weighted by Gasteiger charge is 2.60. The van der Waals surface area contributed by atoms with Crippen molar-refractivity contribution in [2.75, 3.05) is 9.96 Å². The van der Waals surface area contributed by atoms with Crippen molar-refractivity contribution in [3.8, 4) is 5.75 Å². The lowest BCUT2D eigenvalue weighted by molar-refractivity contribution is -0.126. The fourth-order valence-corrected chi connectivity index (χ4v) is 6.01. The molecule has 0 saturated carbocycles. The van der Waals surface area contributed by atoms with Gasteiger partial charge in [0.15, 0.2) is 6.10 Å². The molecule has 9 heteroatoms. The SMILES string of the molecule is Cc1ccc(N2C(=O)[C@@H]3[C@H](ON(c4ccccc4)[C@H]3c3ccccc3OS(=O)(=O)c3ccccc3)C2=O)cc1. The van der Waals surface area contributed by atoms with E-state index in [1.54, 1.807) is 60.7 Å². The normalized spacial score (nSPS) is 20.8. The summed E-state index contributed by atoms with van der Waals surface area (Å²) in [6.45, 7) is 1.92. The summed E-state index contributed by atoms with van der Waals surface area (Å²) in [6, 6.07) is 29.7.